The molecule has 0 aromatic heterocycles. The summed E-state index contributed by atoms with van der Waals surface area (Å²) >= 11 is 5.44. The minimum absolute atomic E-state index is 0.312. The Morgan fingerprint density at radius 3 is 2.36 bits per heavy atom. The summed E-state index contributed by atoms with van der Waals surface area (Å²) in [5, 5.41) is -0.373. The molecule has 14 heavy (non-hydrogen) atoms. The van der Waals surface area contributed by atoms with Crippen molar-refractivity contribution in [3.05, 3.63) is 28.5 Å². The summed E-state index contributed by atoms with van der Waals surface area (Å²) in [6.07, 6.45) is -4.95. The molecule has 0 heterocycles. The minimum Gasteiger partial charge on any atom is -0.401 e. The number of aryl methyl sites for hydroxylation is 1. The van der Waals surface area contributed by atoms with Crippen molar-refractivity contribution in [3.8, 4) is 5.75 Å². The number of benzene rings is 1. The second-order valence-corrected chi connectivity index (χ2v) is 2.93. The molecule has 0 saturated carbocycles. The Labute approximate surface area is 82.2 Å². The van der Waals surface area contributed by atoms with Gasteiger partial charge in [-0.25, -0.2) is 4.39 Å². The van der Waals surface area contributed by atoms with Crippen LogP contribution in [0.15, 0.2) is 12.1 Å². The highest BCUT2D eigenvalue weighted by atomic mass is 35.5. The van der Waals surface area contributed by atoms with Crippen molar-refractivity contribution in [2.45, 2.75) is 13.3 Å². The zero-order chi connectivity index (χ0) is 10.9. The van der Waals surface area contributed by atoms with E-state index < -0.39 is 17.9 Å². The number of halogens is 5. The Hall–Kier alpha value is -0.970. The molecule has 6 heteroatoms. The standard InChI is InChI=1S/C8H5ClF4O/c1-4-2-3-5(10)7(6(4)9)14-8(11,12)13/h2-3H,1H3. The second kappa shape index (κ2) is 3.65. The van der Waals surface area contributed by atoms with Gasteiger partial charge in [0, 0.05) is 0 Å². The third-order valence-electron chi connectivity index (χ3n) is 1.46. The van der Waals surface area contributed by atoms with Gasteiger partial charge in [0.2, 0.25) is 0 Å². The van der Waals surface area contributed by atoms with E-state index in [0.29, 0.717) is 5.56 Å². The maximum atomic E-state index is 12.9. The average Bonchev–Trinajstić information content (AvgIpc) is 2.04. The molecule has 1 nitrogen and oxygen atoms in total. The van der Waals surface area contributed by atoms with Crippen molar-refractivity contribution in [2.24, 2.45) is 0 Å². The Morgan fingerprint density at radius 2 is 1.86 bits per heavy atom. The van der Waals surface area contributed by atoms with Crippen LogP contribution in [0.1, 0.15) is 5.56 Å². The fraction of sp³-hybridized carbons (Fsp3) is 0.250. The lowest BCUT2D eigenvalue weighted by atomic mass is 10.2. The Morgan fingerprint density at radius 1 is 1.29 bits per heavy atom. The SMILES string of the molecule is Cc1ccc(F)c(OC(F)(F)F)c1Cl. The molecule has 1 aromatic carbocycles. The lowest BCUT2D eigenvalue weighted by molar-refractivity contribution is -0.275. The van der Waals surface area contributed by atoms with Crippen LogP contribution < -0.4 is 4.74 Å². The maximum absolute atomic E-state index is 12.9. The van der Waals surface area contributed by atoms with Crippen LogP contribution in [-0.2, 0) is 0 Å². The summed E-state index contributed by atoms with van der Waals surface area (Å²) in [5.74, 6) is -2.13. The Kier molecular flexibility index (Phi) is 2.89. The summed E-state index contributed by atoms with van der Waals surface area (Å²) in [4.78, 5) is 0. The summed E-state index contributed by atoms with van der Waals surface area (Å²) < 4.78 is 51.6. The van der Waals surface area contributed by atoms with Gasteiger partial charge >= 0.3 is 6.36 Å². The van der Waals surface area contributed by atoms with Crippen LogP contribution in [0.4, 0.5) is 17.6 Å². The van der Waals surface area contributed by atoms with Gasteiger partial charge in [-0.2, -0.15) is 0 Å². The van der Waals surface area contributed by atoms with Crippen LogP contribution in [0.5, 0.6) is 5.75 Å². The largest absolute Gasteiger partial charge is 0.573 e. The van der Waals surface area contributed by atoms with Crippen molar-refractivity contribution in [1.29, 1.82) is 0 Å². The molecule has 0 amide bonds. The topological polar surface area (TPSA) is 9.23 Å². The van der Waals surface area contributed by atoms with Gasteiger partial charge < -0.3 is 4.74 Å². The molecule has 0 saturated heterocycles. The van der Waals surface area contributed by atoms with Crippen LogP contribution in [-0.4, -0.2) is 6.36 Å². The first kappa shape index (κ1) is 11.1. The van der Waals surface area contributed by atoms with E-state index in [2.05, 4.69) is 4.74 Å². The van der Waals surface area contributed by atoms with Crippen molar-refractivity contribution in [1.82, 2.24) is 0 Å². The first-order chi connectivity index (χ1) is 6.31. The van der Waals surface area contributed by atoms with Crippen molar-refractivity contribution in [2.75, 3.05) is 0 Å². The molecule has 0 spiro atoms. The first-order valence-electron chi connectivity index (χ1n) is 3.51. The normalized spacial score (nSPS) is 11.6. The quantitative estimate of drug-likeness (QED) is 0.666. The second-order valence-electron chi connectivity index (χ2n) is 2.56. The smallest absolute Gasteiger partial charge is 0.401 e. The fourth-order valence-electron chi connectivity index (χ4n) is 0.840. The van der Waals surface area contributed by atoms with Crippen molar-refractivity contribution in [3.63, 3.8) is 0 Å². The third kappa shape index (κ3) is 2.51. The number of hydrogen-bond donors (Lipinski definition) is 0. The summed E-state index contributed by atoms with van der Waals surface area (Å²) in [6, 6.07) is 2.13. The van der Waals surface area contributed by atoms with Crippen LogP contribution in [0.25, 0.3) is 0 Å². The van der Waals surface area contributed by atoms with Crippen molar-refractivity contribution >= 4 is 11.6 Å². The predicted octanol–water partition coefficient (Wildman–Crippen LogP) is 3.69. The Balaban J connectivity index is 3.13. The van der Waals surface area contributed by atoms with Gasteiger partial charge in [0.25, 0.3) is 0 Å². The molecule has 0 bridgehead atoms. The van der Waals surface area contributed by atoms with Gasteiger partial charge in [-0.05, 0) is 18.6 Å². The molecule has 0 fully saturated rings. The van der Waals surface area contributed by atoms with E-state index in [4.69, 9.17) is 11.6 Å². The highest BCUT2D eigenvalue weighted by Crippen LogP contribution is 2.34. The molecule has 0 aliphatic rings. The average molecular weight is 229 g/mol. The van der Waals surface area contributed by atoms with E-state index >= 15 is 0 Å². The molecule has 0 N–H and O–H groups in total. The molecule has 1 rings (SSSR count). The van der Waals surface area contributed by atoms with Gasteiger partial charge in [0.15, 0.2) is 11.6 Å². The number of alkyl halides is 3. The third-order valence-corrected chi connectivity index (χ3v) is 1.93. The molecule has 0 atom stereocenters. The first-order valence-corrected chi connectivity index (χ1v) is 3.89. The zero-order valence-corrected chi connectivity index (χ0v) is 7.71. The molecular weight excluding hydrogens is 224 g/mol. The van der Waals surface area contributed by atoms with E-state index in [1.807, 2.05) is 0 Å². The monoisotopic (exact) mass is 228 g/mol. The minimum atomic E-state index is -4.95. The molecule has 0 aliphatic heterocycles. The fourth-order valence-corrected chi connectivity index (χ4v) is 1.03. The number of rotatable bonds is 1. The molecule has 0 aliphatic carbocycles. The van der Waals surface area contributed by atoms with E-state index in [1.165, 1.54) is 13.0 Å². The summed E-state index contributed by atoms with van der Waals surface area (Å²) in [6.45, 7) is 1.45. The lowest BCUT2D eigenvalue weighted by Gasteiger charge is -2.12. The van der Waals surface area contributed by atoms with E-state index in [0.717, 1.165) is 6.07 Å². The summed E-state index contributed by atoms with van der Waals surface area (Å²) in [5.41, 5.74) is 0.312. The van der Waals surface area contributed by atoms with Gasteiger partial charge in [-0.3, -0.25) is 0 Å². The highest BCUT2D eigenvalue weighted by Gasteiger charge is 2.33. The molecule has 78 valence electrons. The van der Waals surface area contributed by atoms with Crippen LogP contribution in [0.2, 0.25) is 5.02 Å². The molecule has 1 aromatic rings. The summed E-state index contributed by atoms with van der Waals surface area (Å²) in [7, 11) is 0. The van der Waals surface area contributed by atoms with Gasteiger partial charge in [0.1, 0.15) is 0 Å². The van der Waals surface area contributed by atoms with Crippen molar-refractivity contribution < 1.29 is 22.3 Å². The highest BCUT2D eigenvalue weighted by molar-refractivity contribution is 6.32. The molecule has 0 unspecified atom stereocenters. The molecular formula is C8H5ClF4O. The van der Waals surface area contributed by atoms with Gasteiger partial charge in [-0.15, -0.1) is 13.2 Å². The van der Waals surface area contributed by atoms with Gasteiger partial charge in [0.05, 0.1) is 5.02 Å². The van der Waals surface area contributed by atoms with Gasteiger partial charge in [-0.1, -0.05) is 17.7 Å². The number of hydrogen-bond acceptors (Lipinski definition) is 1. The van der Waals surface area contributed by atoms with E-state index in [1.54, 1.807) is 0 Å². The lowest BCUT2D eigenvalue weighted by Crippen LogP contribution is -2.18. The maximum Gasteiger partial charge on any atom is 0.573 e. The van der Waals surface area contributed by atoms with Crippen LogP contribution in [0.3, 0.4) is 0 Å². The Bertz CT molecular complexity index is 348. The van der Waals surface area contributed by atoms with E-state index in [-0.39, 0.29) is 5.02 Å². The molecule has 0 radical (unpaired) electrons. The zero-order valence-electron chi connectivity index (χ0n) is 6.95. The predicted molar refractivity (Wildman–Crippen MR) is 42.8 cm³/mol. The van der Waals surface area contributed by atoms with Crippen LogP contribution >= 0.6 is 11.6 Å². The van der Waals surface area contributed by atoms with E-state index in [9.17, 15) is 17.6 Å². The number of ether oxygens (including phenoxy) is 1. The van der Waals surface area contributed by atoms with Crippen LogP contribution in [0, 0.1) is 12.7 Å².